The first-order chi connectivity index (χ1) is 13.6. The van der Waals surface area contributed by atoms with E-state index in [-0.39, 0.29) is 11.8 Å². The van der Waals surface area contributed by atoms with Gasteiger partial charge in [0.25, 0.3) is 5.91 Å². The van der Waals surface area contributed by atoms with Gasteiger partial charge in [-0.2, -0.15) is 0 Å². The zero-order valence-corrected chi connectivity index (χ0v) is 15.4. The first-order valence-corrected chi connectivity index (χ1v) is 9.38. The molecule has 28 heavy (non-hydrogen) atoms. The van der Waals surface area contributed by atoms with Crippen molar-refractivity contribution < 1.29 is 18.7 Å². The van der Waals surface area contributed by atoms with Crippen LogP contribution in [0.3, 0.4) is 0 Å². The summed E-state index contributed by atoms with van der Waals surface area (Å²) in [5, 5.41) is 0. The average Bonchev–Trinajstić information content (AvgIpc) is 3.19. The third-order valence-corrected chi connectivity index (χ3v) is 5.08. The van der Waals surface area contributed by atoms with E-state index in [4.69, 9.17) is 4.74 Å². The summed E-state index contributed by atoms with van der Waals surface area (Å²) in [5.41, 5.74) is 2.47. The fraction of sp³-hybridized carbons (Fsp3) is 0.273. The number of amides is 2. The van der Waals surface area contributed by atoms with Crippen LogP contribution in [0.15, 0.2) is 48.5 Å². The Morgan fingerprint density at radius 2 is 1.79 bits per heavy atom. The van der Waals surface area contributed by atoms with E-state index in [1.807, 2.05) is 24.3 Å². The van der Waals surface area contributed by atoms with E-state index in [0.29, 0.717) is 38.3 Å². The van der Waals surface area contributed by atoms with E-state index < -0.39 is 5.82 Å². The van der Waals surface area contributed by atoms with Gasteiger partial charge in [0, 0.05) is 44.2 Å². The van der Waals surface area contributed by atoms with Gasteiger partial charge in [-0.25, -0.2) is 4.39 Å². The Labute approximate surface area is 163 Å². The Bertz CT molecular complexity index is 933. The molecule has 2 aromatic carbocycles. The average molecular weight is 380 g/mol. The molecular weight excluding hydrogens is 359 g/mol. The standard InChI is InChI=1S/C22H21FN2O3/c23-19-3-1-2-18(15-19)22(27)25-11-9-24(10-12-25)21(26)7-5-16-4-6-20-17(14-16)8-13-28-20/h1-7,14-15H,8-13H2/b7-5+. The van der Waals surface area contributed by atoms with Crippen molar-refractivity contribution in [3.63, 3.8) is 0 Å². The molecule has 0 bridgehead atoms. The largest absolute Gasteiger partial charge is 0.493 e. The van der Waals surface area contributed by atoms with Crippen LogP contribution in [0.5, 0.6) is 5.75 Å². The van der Waals surface area contributed by atoms with Crippen LogP contribution >= 0.6 is 0 Å². The smallest absolute Gasteiger partial charge is 0.254 e. The number of piperazine rings is 1. The van der Waals surface area contributed by atoms with Crippen LogP contribution in [0, 0.1) is 5.82 Å². The first kappa shape index (κ1) is 18.2. The number of carbonyl (C=O) groups excluding carboxylic acids is 2. The second-order valence-corrected chi connectivity index (χ2v) is 6.93. The quantitative estimate of drug-likeness (QED) is 0.770. The Kier molecular flexibility index (Phi) is 5.10. The molecule has 1 fully saturated rings. The molecule has 0 aliphatic carbocycles. The van der Waals surface area contributed by atoms with Crippen molar-refractivity contribution in [2.45, 2.75) is 6.42 Å². The molecule has 4 rings (SSSR count). The number of rotatable bonds is 3. The van der Waals surface area contributed by atoms with Crippen LogP contribution in [-0.2, 0) is 11.2 Å². The maximum Gasteiger partial charge on any atom is 0.254 e. The van der Waals surface area contributed by atoms with E-state index in [0.717, 1.165) is 17.7 Å². The predicted octanol–water partition coefficient (Wildman–Crippen LogP) is 2.76. The van der Waals surface area contributed by atoms with E-state index in [2.05, 4.69) is 0 Å². The van der Waals surface area contributed by atoms with E-state index >= 15 is 0 Å². The molecule has 0 N–H and O–H groups in total. The Morgan fingerprint density at radius 3 is 2.57 bits per heavy atom. The topological polar surface area (TPSA) is 49.9 Å². The molecule has 0 aromatic heterocycles. The molecule has 0 saturated carbocycles. The number of carbonyl (C=O) groups is 2. The molecule has 1 saturated heterocycles. The van der Waals surface area contributed by atoms with Crippen molar-refractivity contribution in [2.24, 2.45) is 0 Å². The summed E-state index contributed by atoms with van der Waals surface area (Å²) in [7, 11) is 0. The lowest BCUT2D eigenvalue weighted by Crippen LogP contribution is -2.50. The zero-order valence-electron chi connectivity index (χ0n) is 15.4. The van der Waals surface area contributed by atoms with Gasteiger partial charge in [0.15, 0.2) is 0 Å². The van der Waals surface area contributed by atoms with Crippen LogP contribution in [-0.4, -0.2) is 54.4 Å². The number of halogens is 1. The lowest BCUT2D eigenvalue weighted by atomic mass is 10.1. The minimum atomic E-state index is -0.428. The first-order valence-electron chi connectivity index (χ1n) is 9.38. The van der Waals surface area contributed by atoms with Crippen LogP contribution in [0.25, 0.3) is 6.08 Å². The van der Waals surface area contributed by atoms with Gasteiger partial charge < -0.3 is 14.5 Å². The summed E-state index contributed by atoms with van der Waals surface area (Å²) in [6, 6.07) is 11.6. The fourth-order valence-electron chi connectivity index (χ4n) is 3.52. The number of nitrogens with zero attached hydrogens (tertiary/aromatic N) is 2. The molecule has 2 aromatic rings. The van der Waals surface area contributed by atoms with Crippen molar-refractivity contribution in [3.8, 4) is 5.75 Å². The molecule has 2 heterocycles. The highest BCUT2D eigenvalue weighted by molar-refractivity contribution is 5.95. The minimum Gasteiger partial charge on any atom is -0.493 e. The molecule has 0 atom stereocenters. The van der Waals surface area contributed by atoms with E-state index in [9.17, 15) is 14.0 Å². The molecule has 144 valence electrons. The van der Waals surface area contributed by atoms with Gasteiger partial charge in [0.1, 0.15) is 11.6 Å². The fourth-order valence-corrected chi connectivity index (χ4v) is 3.52. The number of hydrogen-bond donors (Lipinski definition) is 0. The molecule has 2 aliphatic rings. The zero-order chi connectivity index (χ0) is 19.5. The molecule has 0 radical (unpaired) electrons. The monoisotopic (exact) mass is 380 g/mol. The lowest BCUT2D eigenvalue weighted by molar-refractivity contribution is -0.127. The summed E-state index contributed by atoms with van der Waals surface area (Å²) < 4.78 is 18.8. The van der Waals surface area contributed by atoms with Gasteiger partial charge in [-0.15, -0.1) is 0 Å². The van der Waals surface area contributed by atoms with Gasteiger partial charge in [0.05, 0.1) is 6.61 Å². The van der Waals surface area contributed by atoms with Gasteiger partial charge in [-0.3, -0.25) is 9.59 Å². The maximum absolute atomic E-state index is 13.3. The molecule has 2 aliphatic heterocycles. The number of ether oxygens (including phenoxy) is 1. The SMILES string of the molecule is O=C(/C=C/c1ccc2c(c1)CCO2)N1CCN(C(=O)c2cccc(F)c2)CC1. The Hall–Kier alpha value is -3.15. The summed E-state index contributed by atoms with van der Waals surface area (Å²) in [5.74, 6) is 0.211. The highest BCUT2D eigenvalue weighted by Crippen LogP contribution is 2.26. The number of benzene rings is 2. The van der Waals surface area contributed by atoms with Crippen LogP contribution in [0.1, 0.15) is 21.5 Å². The van der Waals surface area contributed by atoms with Crippen molar-refractivity contribution >= 4 is 17.9 Å². The third-order valence-electron chi connectivity index (χ3n) is 5.08. The molecule has 2 amide bonds. The van der Waals surface area contributed by atoms with Crippen LogP contribution in [0.4, 0.5) is 4.39 Å². The normalized spacial score (nSPS) is 16.2. The van der Waals surface area contributed by atoms with E-state index in [1.165, 1.54) is 23.8 Å². The molecule has 0 unspecified atom stereocenters. The van der Waals surface area contributed by atoms with Crippen molar-refractivity contribution in [1.82, 2.24) is 9.80 Å². The molecule has 6 heteroatoms. The molecule has 0 spiro atoms. The van der Waals surface area contributed by atoms with Gasteiger partial charge in [0.2, 0.25) is 5.91 Å². The second-order valence-electron chi connectivity index (χ2n) is 6.93. The summed E-state index contributed by atoms with van der Waals surface area (Å²) in [6.07, 6.45) is 4.28. The van der Waals surface area contributed by atoms with E-state index in [1.54, 1.807) is 21.9 Å². The van der Waals surface area contributed by atoms with Crippen molar-refractivity contribution in [3.05, 3.63) is 71.0 Å². The number of hydrogen-bond acceptors (Lipinski definition) is 3. The minimum absolute atomic E-state index is 0.0744. The van der Waals surface area contributed by atoms with Crippen LogP contribution < -0.4 is 4.74 Å². The Balaban J connectivity index is 1.33. The van der Waals surface area contributed by atoms with Crippen molar-refractivity contribution in [1.29, 1.82) is 0 Å². The number of fused-ring (bicyclic) bond motifs is 1. The Morgan fingerprint density at radius 1 is 1.00 bits per heavy atom. The highest BCUT2D eigenvalue weighted by Gasteiger charge is 2.24. The highest BCUT2D eigenvalue weighted by atomic mass is 19.1. The molecule has 5 nitrogen and oxygen atoms in total. The second kappa shape index (κ2) is 7.84. The summed E-state index contributed by atoms with van der Waals surface area (Å²) in [4.78, 5) is 28.3. The summed E-state index contributed by atoms with van der Waals surface area (Å²) >= 11 is 0. The lowest BCUT2D eigenvalue weighted by Gasteiger charge is -2.34. The van der Waals surface area contributed by atoms with Crippen LogP contribution in [0.2, 0.25) is 0 Å². The molecular formula is C22H21FN2O3. The summed E-state index contributed by atoms with van der Waals surface area (Å²) in [6.45, 7) is 2.50. The third kappa shape index (κ3) is 3.91. The van der Waals surface area contributed by atoms with Gasteiger partial charge >= 0.3 is 0 Å². The van der Waals surface area contributed by atoms with Gasteiger partial charge in [-0.05, 0) is 47.5 Å². The predicted molar refractivity (Wildman–Crippen MR) is 104 cm³/mol. The van der Waals surface area contributed by atoms with Gasteiger partial charge in [-0.1, -0.05) is 12.1 Å². The maximum atomic E-state index is 13.3. The van der Waals surface area contributed by atoms with Crippen molar-refractivity contribution in [2.75, 3.05) is 32.8 Å².